The maximum Gasteiger partial charge on any atom is 0.145 e. The Kier molecular flexibility index (Phi) is 4.12. The number of fused-ring (bicyclic) bond motifs is 1. The first-order valence-electron chi connectivity index (χ1n) is 8.28. The van der Waals surface area contributed by atoms with Gasteiger partial charge in [0, 0.05) is 19.3 Å². The minimum Gasteiger partial charge on any atom is -0.365 e. The molecule has 4 aromatic rings. The van der Waals surface area contributed by atoms with Crippen molar-refractivity contribution in [1.29, 1.82) is 0 Å². The molecular weight excluding hydrogens is 310 g/mol. The quantitative estimate of drug-likeness (QED) is 0.605. The van der Waals surface area contributed by atoms with Gasteiger partial charge in [-0.05, 0) is 30.2 Å². The Hall–Kier alpha value is -3.21. The summed E-state index contributed by atoms with van der Waals surface area (Å²) in [4.78, 5) is 13.0. The molecule has 0 aliphatic carbocycles. The van der Waals surface area contributed by atoms with Gasteiger partial charge in [-0.2, -0.15) is 0 Å². The van der Waals surface area contributed by atoms with Crippen molar-refractivity contribution >= 4 is 16.9 Å². The van der Waals surface area contributed by atoms with Crippen LogP contribution in [0.5, 0.6) is 0 Å². The zero-order valence-corrected chi connectivity index (χ0v) is 14.1. The smallest absolute Gasteiger partial charge is 0.145 e. The summed E-state index contributed by atoms with van der Waals surface area (Å²) < 4.78 is 2.17. The highest BCUT2D eigenvalue weighted by atomic mass is 15.0. The van der Waals surface area contributed by atoms with E-state index < -0.39 is 0 Å². The van der Waals surface area contributed by atoms with Crippen molar-refractivity contribution in [3.05, 3.63) is 84.1 Å². The number of hydrogen-bond acceptors (Lipinski definition) is 4. The van der Waals surface area contributed by atoms with Crippen LogP contribution in [0.3, 0.4) is 0 Å². The first kappa shape index (κ1) is 15.3. The first-order chi connectivity index (χ1) is 12.3. The van der Waals surface area contributed by atoms with Crippen molar-refractivity contribution in [2.24, 2.45) is 0 Å². The van der Waals surface area contributed by atoms with Gasteiger partial charge < -0.3 is 9.88 Å². The molecule has 0 unspecified atom stereocenters. The fourth-order valence-corrected chi connectivity index (χ4v) is 2.84. The summed E-state index contributed by atoms with van der Waals surface area (Å²) in [6.07, 6.45) is 5.39. The molecule has 0 bridgehead atoms. The van der Waals surface area contributed by atoms with Crippen LogP contribution in [0.15, 0.2) is 67.3 Å². The van der Waals surface area contributed by atoms with Gasteiger partial charge in [0.1, 0.15) is 5.82 Å². The predicted molar refractivity (Wildman–Crippen MR) is 99.4 cm³/mol. The third-order valence-corrected chi connectivity index (χ3v) is 4.13. The number of nitrogens with one attached hydrogen (secondary N) is 1. The lowest BCUT2D eigenvalue weighted by atomic mass is 10.1. The van der Waals surface area contributed by atoms with Gasteiger partial charge in [0.15, 0.2) is 0 Å². The topological polar surface area (TPSA) is 55.6 Å². The number of aromatic nitrogens is 4. The molecule has 0 amide bonds. The molecule has 2 aromatic carbocycles. The maximum atomic E-state index is 4.44. The summed E-state index contributed by atoms with van der Waals surface area (Å²) in [5.74, 6) is 0.800. The van der Waals surface area contributed by atoms with E-state index >= 15 is 0 Å². The molecule has 2 heterocycles. The average molecular weight is 329 g/mol. The predicted octanol–water partition coefficient (Wildman–Crippen LogP) is 3.80. The van der Waals surface area contributed by atoms with Gasteiger partial charge in [0.25, 0.3) is 0 Å². The molecule has 0 saturated heterocycles. The fraction of sp³-hybridized carbons (Fsp3) is 0.150. The van der Waals surface area contributed by atoms with Crippen molar-refractivity contribution < 1.29 is 0 Å². The molecule has 1 N–H and O–H groups in total. The molecule has 0 saturated carbocycles. The van der Waals surface area contributed by atoms with Gasteiger partial charge in [-0.3, -0.25) is 4.98 Å². The van der Waals surface area contributed by atoms with Crippen LogP contribution in [0.25, 0.3) is 11.0 Å². The number of anilines is 1. The van der Waals surface area contributed by atoms with Crippen LogP contribution < -0.4 is 5.32 Å². The van der Waals surface area contributed by atoms with Crippen molar-refractivity contribution in [3.8, 4) is 0 Å². The van der Waals surface area contributed by atoms with Crippen LogP contribution in [-0.2, 0) is 13.1 Å². The second-order valence-corrected chi connectivity index (χ2v) is 6.08. The molecular formula is C20H19N5. The van der Waals surface area contributed by atoms with Crippen LogP contribution in [0, 0.1) is 6.92 Å². The SMILES string of the molecule is Cc1cncc(NCc2ccc(Cn3cnc4ccccc43)cc2)n1. The highest BCUT2D eigenvalue weighted by molar-refractivity contribution is 5.75. The van der Waals surface area contributed by atoms with E-state index in [0.29, 0.717) is 0 Å². The number of aryl methyl sites for hydroxylation is 1. The minimum atomic E-state index is 0.729. The van der Waals surface area contributed by atoms with Crippen LogP contribution in [-0.4, -0.2) is 19.5 Å². The standard InChI is InChI=1S/C20H19N5/c1-15-10-21-12-20(24-15)22-11-16-6-8-17(9-7-16)13-25-14-23-18-4-2-3-5-19(18)25/h2-10,12,14H,11,13H2,1H3,(H,22,24). The van der Waals surface area contributed by atoms with Gasteiger partial charge in [-0.15, -0.1) is 0 Å². The molecule has 5 nitrogen and oxygen atoms in total. The molecule has 124 valence electrons. The number of para-hydroxylation sites is 2. The van der Waals surface area contributed by atoms with Gasteiger partial charge >= 0.3 is 0 Å². The van der Waals surface area contributed by atoms with Gasteiger partial charge in [-0.1, -0.05) is 36.4 Å². The zero-order chi connectivity index (χ0) is 17.1. The van der Waals surface area contributed by atoms with E-state index in [4.69, 9.17) is 0 Å². The minimum absolute atomic E-state index is 0.729. The van der Waals surface area contributed by atoms with Crippen LogP contribution >= 0.6 is 0 Å². The summed E-state index contributed by atoms with van der Waals surface area (Å²) in [5.41, 5.74) is 5.56. The van der Waals surface area contributed by atoms with Crippen molar-refractivity contribution in [1.82, 2.24) is 19.5 Å². The lowest BCUT2D eigenvalue weighted by Crippen LogP contribution is -2.03. The van der Waals surface area contributed by atoms with E-state index in [9.17, 15) is 0 Å². The van der Waals surface area contributed by atoms with Crippen LogP contribution in [0.4, 0.5) is 5.82 Å². The molecule has 0 spiro atoms. The fourth-order valence-electron chi connectivity index (χ4n) is 2.84. The molecule has 5 heteroatoms. The molecule has 0 radical (unpaired) electrons. The Morgan fingerprint density at radius 3 is 2.60 bits per heavy atom. The lowest BCUT2D eigenvalue weighted by Gasteiger charge is -2.08. The number of hydrogen-bond donors (Lipinski definition) is 1. The second kappa shape index (κ2) is 6.73. The number of imidazole rings is 1. The molecule has 0 atom stereocenters. The van der Waals surface area contributed by atoms with Crippen LogP contribution in [0.1, 0.15) is 16.8 Å². The molecule has 0 fully saturated rings. The Balaban J connectivity index is 1.43. The first-order valence-corrected chi connectivity index (χ1v) is 8.28. The summed E-state index contributed by atoms with van der Waals surface area (Å²) in [6, 6.07) is 16.8. The largest absolute Gasteiger partial charge is 0.365 e. The average Bonchev–Trinajstić information content (AvgIpc) is 3.04. The van der Waals surface area contributed by atoms with Crippen molar-refractivity contribution in [2.45, 2.75) is 20.0 Å². The van der Waals surface area contributed by atoms with Gasteiger partial charge in [-0.25, -0.2) is 9.97 Å². The molecule has 0 aliphatic rings. The molecule has 2 aromatic heterocycles. The van der Waals surface area contributed by atoms with Crippen molar-refractivity contribution in [2.75, 3.05) is 5.32 Å². The third kappa shape index (κ3) is 3.50. The normalized spacial score (nSPS) is 10.9. The van der Waals surface area contributed by atoms with E-state index in [1.165, 1.54) is 11.1 Å². The third-order valence-electron chi connectivity index (χ3n) is 4.13. The Morgan fingerprint density at radius 1 is 0.960 bits per heavy atom. The zero-order valence-electron chi connectivity index (χ0n) is 14.1. The summed E-state index contributed by atoms with van der Waals surface area (Å²) in [7, 11) is 0. The molecule has 4 rings (SSSR count). The summed E-state index contributed by atoms with van der Waals surface area (Å²) in [5, 5.41) is 3.30. The second-order valence-electron chi connectivity index (χ2n) is 6.08. The highest BCUT2D eigenvalue weighted by Gasteiger charge is 2.03. The lowest BCUT2D eigenvalue weighted by molar-refractivity contribution is 0.823. The van der Waals surface area contributed by atoms with E-state index in [1.807, 2.05) is 31.5 Å². The van der Waals surface area contributed by atoms with E-state index in [0.717, 1.165) is 35.6 Å². The number of benzene rings is 2. The highest BCUT2D eigenvalue weighted by Crippen LogP contribution is 2.15. The van der Waals surface area contributed by atoms with E-state index in [2.05, 4.69) is 55.2 Å². The Morgan fingerprint density at radius 2 is 1.76 bits per heavy atom. The van der Waals surface area contributed by atoms with Gasteiger partial charge in [0.05, 0.1) is 29.3 Å². The summed E-state index contributed by atoms with van der Waals surface area (Å²) in [6.45, 7) is 3.48. The monoisotopic (exact) mass is 329 g/mol. The summed E-state index contributed by atoms with van der Waals surface area (Å²) >= 11 is 0. The van der Waals surface area contributed by atoms with Crippen molar-refractivity contribution in [3.63, 3.8) is 0 Å². The van der Waals surface area contributed by atoms with Crippen LogP contribution in [0.2, 0.25) is 0 Å². The maximum absolute atomic E-state index is 4.44. The molecule has 0 aliphatic heterocycles. The van der Waals surface area contributed by atoms with E-state index in [-0.39, 0.29) is 0 Å². The number of nitrogens with zero attached hydrogens (tertiary/aromatic N) is 4. The Bertz CT molecular complexity index is 988. The van der Waals surface area contributed by atoms with Gasteiger partial charge in [0.2, 0.25) is 0 Å². The Labute approximate surface area is 146 Å². The van der Waals surface area contributed by atoms with E-state index in [1.54, 1.807) is 12.4 Å². The molecule has 25 heavy (non-hydrogen) atoms. The number of rotatable bonds is 5.